The van der Waals surface area contributed by atoms with E-state index in [4.69, 9.17) is 4.52 Å². The van der Waals surface area contributed by atoms with Crippen molar-refractivity contribution < 1.29 is 30.9 Å². The van der Waals surface area contributed by atoms with Crippen molar-refractivity contribution in [3.63, 3.8) is 0 Å². The largest absolute Gasteiger partial charge is 0.417 e. The molecule has 0 bridgehead atoms. The van der Waals surface area contributed by atoms with Gasteiger partial charge in [0.25, 0.3) is 0 Å². The summed E-state index contributed by atoms with van der Waals surface area (Å²) >= 11 is 0. The van der Waals surface area contributed by atoms with E-state index in [0.29, 0.717) is 6.07 Å². The fraction of sp³-hybridized carbons (Fsp3) is 0.286. The van der Waals surface area contributed by atoms with Crippen LogP contribution in [0.25, 0.3) is 0 Å². The Morgan fingerprint density at radius 2 is 1.91 bits per heavy atom. The van der Waals surface area contributed by atoms with Gasteiger partial charge in [-0.25, -0.2) is 8.42 Å². The van der Waals surface area contributed by atoms with Crippen LogP contribution in [0.1, 0.15) is 34.2 Å². The molecule has 0 spiro atoms. The minimum atomic E-state index is -4.88. The third-order valence-corrected chi connectivity index (χ3v) is 4.29. The number of halogens is 3. The average molecular weight is 347 g/mol. The second kappa shape index (κ2) is 5.80. The second-order valence-electron chi connectivity index (χ2n) is 4.82. The van der Waals surface area contributed by atoms with Crippen LogP contribution in [0.5, 0.6) is 0 Å². The van der Waals surface area contributed by atoms with Crippen LogP contribution in [-0.4, -0.2) is 25.6 Å². The highest BCUT2D eigenvalue weighted by Crippen LogP contribution is 2.35. The molecule has 0 fully saturated rings. The number of ketones is 1. The van der Waals surface area contributed by atoms with Gasteiger partial charge in [0.1, 0.15) is 5.76 Å². The number of benzene rings is 1. The second-order valence-corrected chi connectivity index (χ2v) is 6.84. The van der Waals surface area contributed by atoms with Crippen LogP contribution >= 0.6 is 0 Å². The third-order valence-electron chi connectivity index (χ3n) is 3.18. The maximum Gasteiger partial charge on any atom is 0.417 e. The van der Waals surface area contributed by atoms with Crippen molar-refractivity contribution in [2.45, 2.75) is 24.4 Å². The van der Waals surface area contributed by atoms with E-state index < -0.39 is 37.8 Å². The van der Waals surface area contributed by atoms with Gasteiger partial charge < -0.3 is 4.52 Å². The first-order chi connectivity index (χ1) is 10.6. The monoisotopic (exact) mass is 347 g/mol. The van der Waals surface area contributed by atoms with Gasteiger partial charge in [-0.1, -0.05) is 12.1 Å². The Morgan fingerprint density at radius 3 is 2.43 bits per heavy atom. The van der Waals surface area contributed by atoms with Crippen LogP contribution in [0.4, 0.5) is 13.2 Å². The fourth-order valence-corrected chi connectivity index (χ4v) is 2.68. The Labute approximate surface area is 130 Å². The van der Waals surface area contributed by atoms with Crippen molar-refractivity contribution in [2.75, 3.05) is 6.26 Å². The summed E-state index contributed by atoms with van der Waals surface area (Å²) in [6.45, 7) is 1.66. The molecule has 2 aromatic rings. The number of hydrogen-bond donors (Lipinski definition) is 0. The summed E-state index contributed by atoms with van der Waals surface area (Å²) in [7, 11) is -3.84. The van der Waals surface area contributed by atoms with Crippen LogP contribution < -0.4 is 0 Å². The molecule has 0 aliphatic carbocycles. The summed E-state index contributed by atoms with van der Waals surface area (Å²) in [5.41, 5.74) is -2.04. The molecule has 0 amide bonds. The minimum Gasteiger partial charge on any atom is -0.361 e. The zero-order chi connectivity index (χ0) is 17.4. The molecule has 0 unspecified atom stereocenters. The molecule has 2 rings (SSSR count). The summed E-state index contributed by atoms with van der Waals surface area (Å²) < 4.78 is 67.3. The van der Waals surface area contributed by atoms with E-state index in [-0.39, 0.29) is 17.7 Å². The molecule has 0 aliphatic rings. The van der Waals surface area contributed by atoms with Crippen molar-refractivity contribution in [3.8, 4) is 0 Å². The zero-order valence-electron chi connectivity index (χ0n) is 12.1. The number of rotatable bonds is 4. The lowest BCUT2D eigenvalue weighted by Gasteiger charge is -2.13. The van der Waals surface area contributed by atoms with Gasteiger partial charge >= 0.3 is 6.18 Å². The standard InChI is InChI=1S/C14H12F3NO4S/c1-3-12-10(7-18-22-12)13(19)9-5-4-8(23(2,20)21)6-11(9)14(15,16)17/h4-7H,3H2,1-2H3. The molecular weight excluding hydrogens is 335 g/mol. The maximum atomic E-state index is 13.2. The molecule has 1 aromatic carbocycles. The van der Waals surface area contributed by atoms with Gasteiger partial charge in [-0.15, -0.1) is 0 Å². The van der Waals surface area contributed by atoms with Gasteiger partial charge in [0.2, 0.25) is 0 Å². The topological polar surface area (TPSA) is 77.2 Å². The number of nitrogens with zero attached hydrogens (tertiary/aromatic N) is 1. The van der Waals surface area contributed by atoms with Crippen LogP contribution in [0.3, 0.4) is 0 Å². The predicted molar refractivity (Wildman–Crippen MR) is 73.9 cm³/mol. The van der Waals surface area contributed by atoms with E-state index in [1.54, 1.807) is 6.92 Å². The highest BCUT2D eigenvalue weighted by Gasteiger charge is 2.37. The van der Waals surface area contributed by atoms with Crippen molar-refractivity contribution in [2.24, 2.45) is 0 Å². The summed E-state index contributed by atoms with van der Waals surface area (Å²) in [5.74, 6) is -0.759. The van der Waals surface area contributed by atoms with Crippen molar-refractivity contribution in [3.05, 3.63) is 46.8 Å². The number of aryl methyl sites for hydroxylation is 1. The molecule has 0 saturated heterocycles. The number of carbonyl (C=O) groups excluding carboxylic acids is 1. The number of alkyl halides is 3. The number of sulfone groups is 1. The lowest BCUT2D eigenvalue weighted by atomic mass is 9.98. The van der Waals surface area contributed by atoms with E-state index in [2.05, 4.69) is 5.16 Å². The number of carbonyl (C=O) groups is 1. The molecule has 0 N–H and O–H groups in total. The Hall–Kier alpha value is -2.16. The fourth-order valence-electron chi connectivity index (χ4n) is 2.04. The van der Waals surface area contributed by atoms with Gasteiger partial charge in [-0.2, -0.15) is 13.2 Å². The summed E-state index contributed by atoms with van der Waals surface area (Å²) in [6.07, 6.45) is -2.76. The predicted octanol–water partition coefficient (Wildman–Crippen LogP) is 2.89. The van der Waals surface area contributed by atoms with Gasteiger partial charge in [0.05, 0.1) is 22.2 Å². The van der Waals surface area contributed by atoms with Crippen molar-refractivity contribution >= 4 is 15.6 Å². The third kappa shape index (κ3) is 3.44. The SMILES string of the molecule is CCc1oncc1C(=O)c1ccc(S(C)(=O)=O)cc1C(F)(F)F. The molecule has 0 saturated carbocycles. The molecular formula is C14H12F3NO4S. The highest BCUT2D eigenvalue weighted by atomic mass is 32.2. The summed E-state index contributed by atoms with van der Waals surface area (Å²) in [6, 6.07) is 2.28. The molecule has 0 aliphatic heterocycles. The molecule has 0 radical (unpaired) electrons. The highest BCUT2D eigenvalue weighted by molar-refractivity contribution is 7.90. The zero-order valence-corrected chi connectivity index (χ0v) is 13.0. The molecule has 23 heavy (non-hydrogen) atoms. The van der Waals surface area contributed by atoms with Crippen molar-refractivity contribution in [1.82, 2.24) is 5.16 Å². The molecule has 1 aromatic heterocycles. The summed E-state index contributed by atoms with van der Waals surface area (Å²) in [5, 5.41) is 3.42. The van der Waals surface area contributed by atoms with Crippen molar-refractivity contribution in [1.29, 1.82) is 0 Å². The Morgan fingerprint density at radius 1 is 1.26 bits per heavy atom. The lowest BCUT2D eigenvalue weighted by molar-refractivity contribution is -0.138. The van der Waals surface area contributed by atoms with Crippen LogP contribution in [0.15, 0.2) is 33.8 Å². The number of hydrogen-bond acceptors (Lipinski definition) is 5. The molecule has 9 heteroatoms. The Bertz CT molecular complexity index is 853. The van der Waals surface area contributed by atoms with E-state index in [1.165, 1.54) is 0 Å². The van der Waals surface area contributed by atoms with Crippen LogP contribution in [0.2, 0.25) is 0 Å². The van der Waals surface area contributed by atoms with Gasteiger partial charge in [-0.05, 0) is 18.2 Å². The molecule has 5 nitrogen and oxygen atoms in total. The minimum absolute atomic E-state index is 0.0786. The normalized spacial score (nSPS) is 12.4. The van der Waals surface area contributed by atoms with Crippen LogP contribution in [-0.2, 0) is 22.4 Å². The molecule has 0 atom stereocenters. The Kier molecular flexibility index (Phi) is 4.34. The Balaban J connectivity index is 2.65. The first-order valence-electron chi connectivity index (χ1n) is 6.45. The van der Waals surface area contributed by atoms with Gasteiger partial charge in [-0.3, -0.25) is 4.79 Å². The van der Waals surface area contributed by atoms with Crippen LogP contribution in [0, 0.1) is 0 Å². The van der Waals surface area contributed by atoms with Gasteiger partial charge in [0, 0.05) is 18.2 Å². The van der Waals surface area contributed by atoms with E-state index >= 15 is 0 Å². The summed E-state index contributed by atoms with van der Waals surface area (Å²) in [4.78, 5) is 11.9. The van der Waals surface area contributed by atoms with Gasteiger partial charge in [0.15, 0.2) is 15.6 Å². The lowest BCUT2D eigenvalue weighted by Crippen LogP contribution is -2.15. The number of aromatic nitrogens is 1. The van der Waals surface area contributed by atoms with E-state index in [9.17, 15) is 26.4 Å². The first-order valence-corrected chi connectivity index (χ1v) is 8.34. The molecule has 124 valence electrons. The van der Waals surface area contributed by atoms with E-state index in [1.807, 2.05) is 0 Å². The average Bonchev–Trinajstić information content (AvgIpc) is 2.92. The smallest absolute Gasteiger partial charge is 0.361 e. The van der Waals surface area contributed by atoms with E-state index in [0.717, 1.165) is 24.6 Å². The first kappa shape index (κ1) is 17.2. The maximum absolute atomic E-state index is 13.2. The quantitative estimate of drug-likeness (QED) is 0.795. The molecule has 1 heterocycles.